The quantitative estimate of drug-likeness (QED) is 0.446. The minimum Gasteiger partial charge on any atom is -0.480 e. The third kappa shape index (κ3) is 7.26. The zero-order valence-electron chi connectivity index (χ0n) is 9.87. The number of carbonyl (C=O) groups is 2. The second-order valence-corrected chi connectivity index (χ2v) is 3.96. The summed E-state index contributed by atoms with van der Waals surface area (Å²) in [6, 6.07) is 0. The molecule has 0 aromatic rings. The Kier molecular flexibility index (Phi) is 8.58. The van der Waals surface area contributed by atoms with Gasteiger partial charge in [-0.25, -0.2) is 0 Å². The van der Waals surface area contributed by atoms with Crippen LogP contribution in [0.15, 0.2) is 0 Å². The van der Waals surface area contributed by atoms with E-state index in [-0.39, 0.29) is 6.42 Å². The number of carboxylic acid groups (broad SMARTS) is 2. The Morgan fingerprint density at radius 2 is 1.25 bits per heavy atom. The maximum Gasteiger partial charge on any atom is 0.322 e. The van der Waals surface area contributed by atoms with Gasteiger partial charge in [-0.15, -0.1) is 0 Å². The van der Waals surface area contributed by atoms with E-state index in [9.17, 15) is 9.59 Å². The molecule has 0 heterocycles. The van der Waals surface area contributed by atoms with Crippen LogP contribution in [0.4, 0.5) is 0 Å². The lowest BCUT2D eigenvalue weighted by molar-refractivity contribution is -0.144. The van der Waals surface area contributed by atoms with Crippen LogP contribution in [0.25, 0.3) is 0 Å². The molecule has 4 heteroatoms. The van der Waals surface area contributed by atoms with Gasteiger partial charge in [-0.3, -0.25) is 9.59 Å². The lowest BCUT2D eigenvalue weighted by Gasteiger charge is -2.05. The van der Waals surface area contributed by atoms with Gasteiger partial charge in [-0.05, 0) is 6.42 Å². The third-order valence-electron chi connectivity index (χ3n) is 2.55. The Morgan fingerprint density at radius 3 is 1.69 bits per heavy atom. The SMILES string of the molecule is CCCCCCCCC[C](C(=O)O)C(=O)O. The predicted octanol–water partition coefficient (Wildman–Crippen LogP) is 2.87. The largest absolute Gasteiger partial charge is 0.480 e. The first-order valence-electron chi connectivity index (χ1n) is 5.92. The van der Waals surface area contributed by atoms with Crippen LogP contribution in [-0.2, 0) is 9.59 Å². The van der Waals surface area contributed by atoms with Gasteiger partial charge in [-0.2, -0.15) is 0 Å². The van der Waals surface area contributed by atoms with Gasteiger partial charge in [0.2, 0.25) is 0 Å². The number of rotatable bonds is 10. The molecular formula is C12H21O4. The molecule has 0 spiro atoms. The Bertz CT molecular complexity index is 199. The second-order valence-electron chi connectivity index (χ2n) is 3.96. The fraction of sp³-hybridized carbons (Fsp3) is 0.750. The Hall–Kier alpha value is -1.06. The van der Waals surface area contributed by atoms with Gasteiger partial charge < -0.3 is 10.2 Å². The minimum atomic E-state index is -1.31. The molecule has 0 aliphatic heterocycles. The summed E-state index contributed by atoms with van der Waals surface area (Å²) in [7, 11) is 0. The molecule has 1 radical (unpaired) electrons. The average molecular weight is 229 g/mol. The van der Waals surface area contributed by atoms with Crippen LogP contribution < -0.4 is 0 Å². The van der Waals surface area contributed by atoms with Gasteiger partial charge in [0, 0.05) is 0 Å². The summed E-state index contributed by atoms with van der Waals surface area (Å²) in [6.07, 6.45) is 7.60. The Labute approximate surface area is 96.7 Å². The highest BCUT2D eigenvalue weighted by Crippen LogP contribution is 2.14. The Balaban J connectivity index is 3.48. The summed E-state index contributed by atoms with van der Waals surface area (Å²) in [5.74, 6) is -3.01. The van der Waals surface area contributed by atoms with Gasteiger partial charge in [0.25, 0.3) is 0 Å². The zero-order chi connectivity index (χ0) is 12.4. The van der Waals surface area contributed by atoms with Crippen molar-refractivity contribution < 1.29 is 19.8 Å². The molecule has 0 aromatic heterocycles. The van der Waals surface area contributed by atoms with E-state index >= 15 is 0 Å². The monoisotopic (exact) mass is 229 g/mol. The molecule has 0 saturated carbocycles. The molecule has 0 unspecified atom stereocenters. The third-order valence-corrected chi connectivity index (χ3v) is 2.55. The van der Waals surface area contributed by atoms with E-state index < -0.39 is 17.9 Å². The highest BCUT2D eigenvalue weighted by molar-refractivity contribution is 6.07. The fourth-order valence-corrected chi connectivity index (χ4v) is 1.56. The van der Waals surface area contributed by atoms with Crippen LogP contribution in [0, 0.1) is 5.92 Å². The van der Waals surface area contributed by atoms with Crippen molar-refractivity contribution in [3.8, 4) is 0 Å². The average Bonchev–Trinajstić information content (AvgIpc) is 2.21. The summed E-state index contributed by atoms with van der Waals surface area (Å²) >= 11 is 0. The maximum absolute atomic E-state index is 10.5. The molecule has 0 aromatic carbocycles. The molecule has 4 nitrogen and oxygen atoms in total. The molecule has 0 rings (SSSR count). The summed E-state index contributed by atoms with van der Waals surface area (Å²) in [5, 5.41) is 17.2. The van der Waals surface area contributed by atoms with E-state index in [4.69, 9.17) is 10.2 Å². The topological polar surface area (TPSA) is 74.6 Å². The second kappa shape index (κ2) is 9.19. The summed E-state index contributed by atoms with van der Waals surface area (Å²) < 4.78 is 0. The molecule has 0 aliphatic rings. The molecule has 0 atom stereocenters. The molecule has 16 heavy (non-hydrogen) atoms. The summed E-state index contributed by atoms with van der Waals surface area (Å²) in [5.41, 5.74) is 0. The first-order valence-corrected chi connectivity index (χ1v) is 5.92. The van der Waals surface area contributed by atoms with Gasteiger partial charge in [0.1, 0.15) is 0 Å². The highest BCUT2D eigenvalue weighted by Gasteiger charge is 2.26. The van der Waals surface area contributed by atoms with Crippen LogP contribution in [0.1, 0.15) is 58.3 Å². The fourth-order valence-electron chi connectivity index (χ4n) is 1.56. The molecule has 2 N–H and O–H groups in total. The van der Waals surface area contributed by atoms with E-state index in [0.29, 0.717) is 6.42 Å². The van der Waals surface area contributed by atoms with Crippen LogP contribution in [0.2, 0.25) is 0 Å². The van der Waals surface area contributed by atoms with Gasteiger partial charge in [-0.1, -0.05) is 51.9 Å². The van der Waals surface area contributed by atoms with Crippen LogP contribution >= 0.6 is 0 Å². The van der Waals surface area contributed by atoms with Crippen LogP contribution in [-0.4, -0.2) is 22.2 Å². The molecule has 0 saturated heterocycles. The van der Waals surface area contributed by atoms with Crippen molar-refractivity contribution in [2.45, 2.75) is 58.3 Å². The predicted molar refractivity (Wildman–Crippen MR) is 61.1 cm³/mol. The van der Waals surface area contributed by atoms with Crippen molar-refractivity contribution in [2.75, 3.05) is 0 Å². The van der Waals surface area contributed by atoms with Crippen molar-refractivity contribution in [3.05, 3.63) is 5.92 Å². The van der Waals surface area contributed by atoms with E-state index in [1.54, 1.807) is 0 Å². The van der Waals surface area contributed by atoms with E-state index in [1.807, 2.05) is 0 Å². The van der Waals surface area contributed by atoms with Crippen molar-refractivity contribution in [3.63, 3.8) is 0 Å². The molecule has 0 aliphatic carbocycles. The first kappa shape index (κ1) is 14.9. The number of aliphatic carboxylic acids is 2. The number of hydrogen-bond acceptors (Lipinski definition) is 2. The van der Waals surface area contributed by atoms with E-state index in [2.05, 4.69) is 6.92 Å². The molecule has 0 bridgehead atoms. The molecule has 0 amide bonds. The standard InChI is InChI=1S/C12H21O4/c1-2-3-4-5-6-7-8-9-10(11(13)14)12(15)16/h2-9H2,1H3,(H,13,14)(H,15,16). The zero-order valence-corrected chi connectivity index (χ0v) is 9.87. The number of hydrogen-bond donors (Lipinski definition) is 2. The lowest BCUT2D eigenvalue weighted by Crippen LogP contribution is -2.20. The molecule has 93 valence electrons. The van der Waals surface area contributed by atoms with Gasteiger partial charge in [0.15, 0.2) is 5.92 Å². The van der Waals surface area contributed by atoms with Gasteiger partial charge in [0.05, 0.1) is 0 Å². The minimum absolute atomic E-state index is 0.165. The normalized spacial score (nSPS) is 10.6. The maximum atomic E-state index is 10.5. The molecular weight excluding hydrogens is 208 g/mol. The van der Waals surface area contributed by atoms with Crippen molar-refractivity contribution >= 4 is 11.9 Å². The van der Waals surface area contributed by atoms with E-state index in [1.165, 1.54) is 19.3 Å². The van der Waals surface area contributed by atoms with Gasteiger partial charge >= 0.3 is 11.9 Å². The Morgan fingerprint density at radius 1 is 0.812 bits per heavy atom. The smallest absolute Gasteiger partial charge is 0.322 e. The van der Waals surface area contributed by atoms with Crippen LogP contribution in [0.3, 0.4) is 0 Å². The lowest BCUT2D eigenvalue weighted by atomic mass is 10.0. The van der Waals surface area contributed by atoms with E-state index in [0.717, 1.165) is 19.3 Å². The van der Waals surface area contributed by atoms with Crippen molar-refractivity contribution in [2.24, 2.45) is 0 Å². The summed E-state index contributed by atoms with van der Waals surface area (Å²) in [6.45, 7) is 2.15. The number of unbranched alkanes of at least 4 members (excludes halogenated alkanes) is 6. The van der Waals surface area contributed by atoms with Crippen LogP contribution in [0.5, 0.6) is 0 Å². The summed E-state index contributed by atoms with van der Waals surface area (Å²) in [4.78, 5) is 21.1. The van der Waals surface area contributed by atoms with Crippen molar-refractivity contribution in [1.82, 2.24) is 0 Å². The molecule has 0 fully saturated rings. The number of carboxylic acids is 2. The highest BCUT2D eigenvalue weighted by atomic mass is 16.4. The van der Waals surface area contributed by atoms with Crippen molar-refractivity contribution in [1.29, 1.82) is 0 Å². The first-order chi connectivity index (χ1) is 7.59.